The van der Waals surface area contributed by atoms with E-state index in [4.69, 9.17) is 27.9 Å². The van der Waals surface area contributed by atoms with Gasteiger partial charge < -0.3 is 9.84 Å². The standard InChI is InChI=1S/C16H14Cl2N2O3/c1-2-23-13-5-3-10(4-6-13)16(22)20-19-9-11-7-12(17)8-14(18)15(11)21/h3-9,21H,2H2,1H3,(H,20,22)/b19-9+. The molecule has 7 heteroatoms. The van der Waals surface area contributed by atoms with Crippen LogP contribution in [0.1, 0.15) is 22.8 Å². The molecule has 0 bridgehead atoms. The molecule has 1 amide bonds. The van der Waals surface area contributed by atoms with Gasteiger partial charge >= 0.3 is 0 Å². The van der Waals surface area contributed by atoms with Gasteiger partial charge in [0.05, 0.1) is 17.8 Å². The topological polar surface area (TPSA) is 70.9 Å². The van der Waals surface area contributed by atoms with Gasteiger partial charge in [0.2, 0.25) is 0 Å². The van der Waals surface area contributed by atoms with Gasteiger partial charge in [-0.1, -0.05) is 23.2 Å². The van der Waals surface area contributed by atoms with Gasteiger partial charge in [-0.2, -0.15) is 5.10 Å². The molecule has 0 unspecified atom stereocenters. The maximum atomic E-state index is 11.9. The zero-order chi connectivity index (χ0) is 16.8. The van der Waals surface area contributed by atoms with Crippen LogP contribution in [0.3, 0.4) is 0 Å². The molecule has 0 spiro atoms. The average Bonchev–Trinajstić information content (AvgIpc) is 2.53. The number of phenolic OH excluding ortho intramolecular Hbond substituents is 1. The molecule has 120 valence electrons. The maximum Gasteiger partial charge on any atom is 0.271 e. The highest BCUT2D eigenvalue weighted by Crippen LogP contribution is 2.29. The third-order valence-corrected chi connectivity index (χ3v) is 3.36. The number of aromatic hydroxyl groups is 1. The zero-order valence-corrected chi connectivity index (χ0v) is 13.7. The molecule has 5 nitrogen and oxygen atoms in total. The lowest BCUT2D eigenvalue weighted by atomic mass is 10.2. The Balaban J connectivity index is 2.04. The van der Waals surface area contributed by atoms with Crippen LogP contribution in [0.15, 0.2) is 41.5 Å². The van der Waals surface area contributed by atoms with Crippen LogP contribution < -0.4 is 10.2 Å². The number of hydrazone groups is 1. The molecule has 0 fully saturated rings. The smallest absolute Gasteiger partial charge is 0.271 e. The van der Waals surface area contributed by atoms with Gasteiger partial charge in [-0.3, -0.25) is 4.79 Å². The van der Waals surface area contributed by atoms with Crippen molar-refractivity contribution in [3.05, 3.63) is 57.6 Å². The molecule has 0 saturated carbocycles. The molecule has 0 aromatic heterocycles. The van der Waals surface area contributed by atoms with Gasteiger partial charge in [-0.15, -0.1) is 0 Å². The van der Waals surface area contributed by atoms with Gasteiger partial charge in [0.1, 0.15) is 11.5 Å². The Bertz CT molecular complexity index is 731. The van der Waals surface area contributed by atoms with Crippen molar-refractivity contribution >= 4 is 35.3 Å². The third kappa shape index (κ3) is 4.61. The summed E-state index contributed by atoms with van der Waals surface area (Å²) in [6.07, 6.45) is 1.26. The van der Waals surface area contributed by atoms with E-state index in [9.17, 15) is 9.90 Å². The fourth-order valence-electron chi connectivity index (χ4n) is 1.78. The van der Waals surface area contributed by atoms with E-state index >= 15 is 0 Å². The fraction of sp³-hybridized carbons (Fsp3) is 0.125. The molecule has 0 atom stereocenters. The van der Waals surface area contributed by atoms with E-state index in [0.717, 1.165) is 0 Å². The highest BCUT2D eigenvalue weighted by molar-refractivity contribution is 6.36. The number of ether oxygens (including phenoxy) is 1. The number of carbonyl (C=O) groups is 1. The van der Waals surface area contributed by atoms with Crippen molar-refractivity contribution in [1.29, 1.82) is 0 Å². The molecule has 2 aromatic carbocycles. The Kier molecular flexibility index (Phi) is 5.84. The number of hydrogen-bond acceptors (Lipinski definition) is 4. The number of rotatable bonds is 5. The molecule has 2 rings (SSSR count). The summed E-state index contributed by atoms with van der Waals surface area (Å²) in [5.41, 5.74) is 3.09. The second-order valence-corrected chi connectivity index (χ2v) is 5.33. The molecule has 2 aromatic rings. The summed E-state index contributed by atoms with van der Waals surface area (Å²) >= 11 is 11.6. The van der Waals surface area contributed by atoms with E-state index < -0.39 is 5.91 Å². The number of halogens is 2. The van der Waals surface area contributed by atoms with Crippen molar-refractivity contribution < 1.29 is 14.6 Å². The van der Waals surface area contributed by atoms with E-state index in [1.807, 2.05) is 6.92 Å². The second kappa shape index (κ2) is 7.85. The first-order valence-electron chi connectivity index (χ1n) is 6.75. The highest BCUT2D eigenvalue weighted by atomic mass is 35.5. The van der Waals surface area contributed by atoms with Crippen molar-refractivity contribution in [2.45, 2.75) is 6.92 Å². The average molecular weight is 353 g/mol. The summed E-state index contributed by atoms with van der Waals surface area (Å²) in [7, 11) is 0. The van der Waals surface area contributed by atoms with Crippen LogP contribution in [0.2, 0.25) is 10.0 Å². The molecule has 23 heavy (non-hydrogen) atoms. The monoisotopic (exact) mass is 352 g/mol. The van der Waals surface area contributed by atoms with Gasteiger partial charge in [0.15, 0.2) is 0 Å². The van der Waals surface area contributed by atoms with Crippen molar-refractivity contribution in [3.8, 4) is 11.5 Å². The molecular weight excluding hydrogens is 339 g/mol. The molecule has 2 N–H and O–H groups in total. The lowest BCUT2D eigenvalue weighted by Crippen LogP contribution is -2.17. The largest absolute Gasteiger partial charge is 0.506 e. The van der Waals surface area contributed by atoms with E-state index in [1.54, 1.807) is 24.3 Å². The van der Waals surface area contributed by atoms with Gasteiger partial charge in [-0.05, 0) is 43.3 Å². The van der Waals surface area contributed by atoms with E-state index in [0.29, 0.717) is 28.5 Å². The zero-order valence-electron chi connectivity index (χ0n) is 12.2. The number of carbonyl (C=O) groups excluding carboxylic acids is 1. The molecule has 0 aliphatic carbocycles. The van der Waals surface area contributed by atoms with Crippen LogP contribution in [-0.4, -0.2) is 23.8 Å². The lowest BCUT2D eigenvalue weighted by molar-refractivity contribution is 0.0955. The van der Waals surface area contributed by atoms with Crippen molar-refractivity contribution in [2.75, 3.05) is 6.61 Å². The maximum absolute atomic E-state index is 11.9. The Morgan fingerprint density at radius 3 is 2.65 bits per heavy atom. The molecule has 0 aliphatic heterocycles. The van der Waals surface area contributed by atoms with Crippen molar-refractivity contribution in [3.63, 3.8) is 0 Å². The first kappa shape index (κ1) is 17.1. The summed E-state index contributed by atoms with van der Waals surface area (Å²) < 4.78 is 5.30. The van der Waals surface area contributed by atoms with Crippen LogP contribution in [-0.2, 0) is 0 Å². The van der Waals surface area contributed by atoms with Gasteiger partial charge in [0, 0.05) is 16.1 Å². The predicted molar refractivity (Wildman–Crippen MR) is 90.8 cm³/mol. The van der Waals surface area contributed by atoms with Crippen LogP contribution >= 0.6 is 23.2 Å². The Hall–Kier alpha value is -2.24. The summed E-state index contributed by atoms with van der Waals surface area (Å²) in [5, 5.41) is 14.0. The minimum absolute atomic E-state index is 0.108. The molecule has 0 saturated heterocycles. The van der Waals surface area contributed by atoms with Gasteiger partial charge in [0.25, 0.3) is 5.91 Å². The van der Waals surface area contributed by atoms with Crippen LogP contribution in [0.5, 0.6) is 11.5 Å². The third-order valence-electron chi connectivity index (χ3n) is 2.85. The van der Waals surface area contributed by atoms with Crippen LogP contribution in [0.25, 0.3) is 0 Å². The lowest BCUT2D eigenvalue weighted by Gasteiger charge is -2.04. The minimum atomic E-state index is -0.392. The molecule has 0 heterocycles. The van der Waals surface area contributed by atoms with Crippen molar-refractivity contribution in [2.24, 2.45) is 5.10 Å². The minimum Gasteiger partial charge on any atom is -0.506 e. The number of hydrogen-bond donors (Lipinski definition) is 2. The quantitative estimate of drug-likeness (QED) is 0.633. The molecular formula is C16H14Cl2N2O3. The second-order valence-electron chi connectivity index (χ2n) is 4.48. The summed E-state index contributed by atoms with van der Waals surface area (Å²) in [6.45, 7) is 2.44. The number of amides is 1. The van der Waals surface area contributed by atoms with E-state index in [1.165, 1.54) is 18.3 Å². The number of nitrogens with zero attached hydrogens (tertiary/aromatic N) is 1. The summed E-state index contributed by atoms with van der Waals surface area (Å²) in [6, 6.07) is 9.55. The highest BCUT2D eigenvalue weighted by Gasteiger charge is 2.07. The van der Waals surface area contributed by atoms with Crippen LogP contribution in [0.4, 0.5) is 0 Å². The first-order valence-corrected chi connectivity index (χ1v) is 7.51. The molecule has 0 aliphatic rings. The Morgan fingerprint density at radius 2 is 2.00 bits per heavy atom. The summed E-state index contributed by atoms with van der Waals surface area (Å²) in [4.78, 5) is 11.9. The predicted octanol–water partition coefficient (Wildman–Crippen LogP) is 3.86. The summed E-state index contributed by atoms with van der Waals surface area (Å²) in [5.74, 6) is 0.137. The first-order chi connectivity index (χ1) is 11.0. The number of benzene rings is 2. The van der Waals surface area contributed by atoms with E-state index in [2.05, 4.69) is 10.5 Å². The Morgan fingerprint density at radius 1 is 1.30 bits per heavy atom. The SMILES string of the molecule is CCOc1ccc(C(=O)N/N=C/c2cc(Cl)cc(Cl)c2O)cc1. The van der Waals surface area contributed by atoms with Gasteiger partial charge in [-0.25, -0.2) is 5.43 Å². The van der Waals surface area contributed by atoms with Crippen LogP contribution in [0, 0.1) is 0 Å². The fourth-order valence-corrected chi connectivity index (χ4v) is 2.29. The number of phenols is 1. The number of nitrogens with one attached hydrogen (secondary N) is 1. The van der Waals surface area contributed by atoms with E-state index in [-0.39, 0.29) is 10.8 Å². The van der Waals surface area contributed by atoms with Crippen molar-refractivity contribution in [1.82, 2.24) is 5.43 Å². The molecule has 0 radical (unpaired) electrons. The Labute approximate surface area is 143 Å². The normalized spacial score (nSPS) is 10.7.